The van der Waals surface area contributed by atoms with Crippen LogP contribution in [-0.2, 0) is 14.3 Å². The van der Waals surface area contributed by atoms with Gasteiger partial charge in [0.2, 0.25) is 0 Å². The first-order chi connectivity index (χ1) is 11.7. The summed E-state index contributed by atoms with van der Waals surface area (Å²) in [7, 11) is 0. The highest BCUT2D eigenvalue weighted by Gasteiger charge is 2.64. The van der Waals surface area contributed by atoms with E-state index in [9.17, 15) is 9.59 Å². The van der Waals surface area contributed by atoms with Crippen LogP contribution in [0, 0.1) is 34.5 Å². The largest absolute Gasteiger partial charge is 0.459 e. The summed E-state index contributed by atoms with van der Waals surface area (Å²) in [6.45, 7) is 8.62. The Balaban J connectivity index is 1.62. The minimum Gasteiger partial charge on any atom is -0.459 e. The van der Waals surface area contributed by atoms with Crippen molar-refractivity contribution < 1.29 is 14.3 Å². The van der Waals surface area contributed by atoms with Gasteiger partial charge in [0.25, 0.3) is 0 Å². The van der Waals surface area contributed by atoms with Crippen molar-refractivity contribution >= 4 is 11.8 Å². The van der Waals surface area contributed by atoms with Crippen LogP contribution in [0.5, 0.6) is 0 Å². The Morgan fingerprint density at radius 1 is 1.00 bits per heavy atom. The van der Waals surface area contributed by atoms with Crippen LogP contribution in [0.3, 0.4) is 0 Å². The topological polar surface area (TPSA) is 43.4 Å². The summed E-state index contributed by atoms with van der Waals surface area (Å²) in [5.41, 5.74) is 0.181. The molecule has 0 aliphatic heterocycles. The summed E-state index contributed by atoms with van der Waals surface area (Å²) in [4.78, 5) is 23.7. The fourth-order valence-electron chi connectivity index (χ4n) is 7.76. The second-order valence-electron chi connectivity index (χ2n) is 10.2. The molecule has 3 nitrogen and oxygen atoms in total. The van der Waals surface area contributed by atoms with Gasteiger partial charge in [-0.2, -0.15) is 0 Å². The number of hydrogen-bond donors (Lipinski definition) is 0. The molecule has 7 atom stereocenters. The third-order valence-electron chi connectivity index (χ3n) is 9.38. The average Bonchev–Trinajstić information content (AvgIpc) is 2.79. The van der Waals surface area contributed by atoms with E-state index in [2.05, 4.69) is 20.8 Å². The van der Waals surface area contributed by atoms with Crippen molar-refractivity contribution in [3.63, 3.8) is 0 Å². The monoisotopic (exact) mass is 346 g/mol. The van der Waals surface area contributed by atoms with E-state index in [0.717, 1.165) is 37.5 Å². The molecule has 25 heavy (non-hydrogen) atoms. The normalized spacial score (nSPS) is 52.1. The minimum absolute atomic E-state index is 0.119. The second-order valence-corrected chi connectivity index (χ2v) is 10.2. The first-order valence-electron chi connectivity index (χ1n) is 10.4. The predicted molar refractivity (Wildman–Crippen MR) is 96.9 cm³/mol. The van der Waals surface area contributed by atoms with E-state index in [-0.39, 0.29) is 17.0 Å². The SMILES string of the molecule is CC(=O)O[C@@]1(C)CC[C@@H]2[C@@H]3CC[C@H]4CC(=O)CC[C@]4(C)[C@H]3CC[C@@]21C. The lowest BCUT2D eigenvalue weighted by Crippen LogP contribution is -2.56. The summed E-state index contributed by atoms with van der Waals surface area (Å²) in [6.07, 6.45) is 9.83. The molecule has 4 aliphatic carbocycles. The standard InChI is InChI=1S/C22H34O3/c1-14(23)25-22(4)12-9-19-17-6-5-15-13-16(24)7-10-20(15,2)18(17)8-11-21(19,22)3/h15,17-19H,5-13H2,1-4H3/t15-,17+,18-,19+,20-,21-,22-/m0/s1. The summed E-state index contributed by atoms with van der Waals surface area (Å²) >= 11 is 0. The molecule has 4 fully saturated rings. The highest BCUT2D eigenvalue weighted by molar-refractivity contribution is 5.79. The molecule has 0 heterocycles. The third-order valence-corrected chi connectivity index (χ3v) is 9.38. The van der Waals surface area contributed by atoms with Gasteiger partial charge in [-0.15, -0.1) is 0 Å². The lowest BCUT2D eigenvalue weighted by atomic mass is 9.44. The molecule has 0 radical (unpaired) electrons. The molecule has 0 amide bonds. The van der Waals surface area contributed by atoms with E-state index in [4.69, 9.17) is 4.74 Å². The van der Waals surface area contributed by atoms with Gasteiger partial charge >= 0.3 is 5.97 Å². The lowest BCUT2D eigenvalue weighted by molar-refractivity contribution is -0.183. The Morgan fingerprint density at radius 2 is 1.72 bits per heavy atom. The van der Waals surface area contributed by atoms with Crippen molar-refractivity contribution in [1.82, 2.24) is 0 Å². The fraction of sp³-hybridized carbons (Fsp3) is 0.909. The van der Waals surface area contributed by atoms with Gasteiger partial charge in [0.05, 0.1) is 0 Å². The maximum absolute atomic E-state index is 12.0. The minimum atomic E-state index is -0.297. The number of rotatable bonds is 1. The van der Waals surface area contributed by atoms with Gasteiger partial charge < -0.3 is 4.74 Å². The smallest absolute Gasteiger partial charge is 0.303 e. The number of carbonyl (C=O) groups excluding carboxylic acids is 2. The number of esters is 1. The molecule has 0 N–H and O–H groups in total. The van der Waals surface area contributed by atoms with Crippen LogP contribution in [0.1, 0.15) is 85.5 Å². The van der Waals surface area contributed by atoms with Crippen LogP contribution in [0.2, 0.25) is 0 Å². The Hall–Kier alpha value is -0.860. The highest BCUT2D eigenvalue weighted by atomic mass is 16.6. The lowest BCUT2D eigenvalue weighted by Gasteiger charge is -2.61. The van der Waals surface area contributed by atoms with E-state index in [1.807, 2.05) is 0 Å². The van der Waals surface area contributed by atoms with Crippen LogP contribution >= 0.6 is 0 Å². The first-order valence-corrected chi connectivity index (χ1v) is 10.4. The van der Waals surface area contributed by atoms with Gasteiger partial charge in [-0.25, -0.2) is 0 Å². The quantitative estimate of drug-likeness (QED) is 0.633. The molecular weight excluding hydrogens is 312 g/mol. The van der Waals surface area contributed by atoms with Gasteiger partial charge in [0, 0.05) is 25.2 Å². The maximum Gasteiger partial charge on any atom is 0.303 e. The molecule has 0 aromatic heterocycles. The van der Waals surface area contributed by atoms with Crippen molar-refractivity contribution in [3.8, 4) is 0 Å². The summed E-state index contributed by atoms with van der Waals surface area (Å²) in [6, 6.07) is 0. The Bertz CT molecular complexity index is 598. The molecule has 0 bridgehead atoms. The number of carbonyl (C=O) groups is 2. The van der Waals surface area contributed by atoms with Crippen molar-refractivity contribution in [2.45, 2.75) is 91.1 Å². The zero-order valence-electron chi connectivity index (χ0n) is 16.4. The summed E-state index contributed by atoms with van der Waals surface area (Å²) in [5, 5.41) is 0. The molecule has 0 aromatic rings. The van der Waals surface area contributed by atoms with E-state index in [0.29, 0.717) is 23.0 Å². The van der Waals surface area contributed by atoms with Gasteiger partial charge in [0.1, 0.15) is 11.4 Å². The second kappa shape index (κ2) is 5.57. The molecule has 4 aliphatic rings. The Morgan fingerprint density at radius 3 is 2.44 bits per heavy atom. The van der Waals surface area contributed by atoms with E-state index >= 15 is 0 Å². The van der Waals surface area contributed by atoms with Crippen molar-refractivity contribution in [2.75, 3.05) is 0 Å². The predicted octanol–water partition coefficient (Wildman–Crippen LogP) is 4.92. The van der Waals surface area contributed by atoms with E-state index in [1.165, 1.54) is 32.1 Å². The third kappa shape index (κ3) is 2.36. The molecule has 4 rings (SSSR count). The Kier molecular flexibility index (Phi) is 3.91. The number of hydrogen-bond acceptors (Lipinski definition) is 3. The molecule has 3 heteroatoms. The number of ether oxygens (including phenoxy) is 1. The zero-order chi connectivity index (χ0) is 18.0. The van der Waals surface area contributed by atoms with E-state index < -0.39 is 0 Å². The first kappa shape index (κ1) is 17.5. The molecule has 0 aromatic carbocycles. The summed E-state index contributed by atoms with van der Waals surface area (Å²) in [5.74, 6) is 3.16. The average molecular weight is 347 g/mol. The molecule has 0 unspecified atom stereocenters. The molecule has 140 valence electrons. The highest BCUT2D eigenvalue weighted by Crippen LogP contribution is 2.68. The maximum atomic E-state index is 12.0. The van der Waals surface area contributed by atoms with Crippen LogP contribution in [-0.4, -0.2) is 17.4 Å². The zero-order valence-corrected chi connectivity index (χ0v) is 16.4. The van der Waals surface area contributed by atoms with Gasteiger partial charge in [-0.1, -0.05) is 13.8 Å². The number of Topliss-reactive ketones (excluding diaryl/α,β-unsaturated/α-hetero) is 1. The van der Waals surface area contributed by atoms with Gasteiger partial charge in [-0.3, -0.25) is 9.59 Å². The van der Waals surface area contributed by atoms with Crippen LogP contribution in [0.25, 0.3) is 0 Å². The van der Waals surface area contributed by atoms with Crippen LogP contribution in [0.15, 0.2) is 0 Å². The van der Waals surface area contributed by atoms with Crippen LogP contribution < -0.4 is 0 Å². The van der Waals surface area contributed by atoms with Crippen molar-refractivity contribution in [2.24, 2.45) is 34.5 Å². The van der Waals surface area contributed by atoms with E-state index in [1.54, 1.807) is 6.92 Å². The fourth-order valence-corrected chi connectivity index (χ4v) is 7.76. The Labute approximate surface area is 152 Å². The van der Waals surface area contributed by atoms with Crippen molar-refractivity contribution in [3.05, 3.63) is 0 Å². The summed E-state index contributed by atoms with van der Waals surface area (Å²) < 4.78 is 5.91. The van der Waals surface area contributed by atoms with Crippen LogP contribution in [0.4, 0.5) is 0 Å². The van der Waals surface area contributed by atoms with Gasteiger partial charge in [-0.05, 0) is 81.0 Å². The van der Waals surface area contributed by atoms with Gasteiger partial charge in [0.15, 0.2) is 0 Å². The number of ketones is 1. The molecule has 4 saturated carbocycles. The van der Waals surface area contributed by atoms with Crippen molar-refractivity contribution in [1.29, 1.82) is 0 Å². The number of fused-ring (bicyclic) bond motifs is 5. The molecule has 0 spiro atoms. The molecular formula is C22H34O3. The molecule has 0 saturated heterocycles.